The molecule has 0 saturated carbocycles. The molecule has 1 aromatic heterocycles. The van der Waals surface area contributed by atoms with Gasteiger partial charge in [0.25, 0.3) is 0 Å². The summed E-state index contributed by atoms with van der Waals surface area (Å²) in [6.45, 7) is 2.74. The van der Waals surface area contributed by atoms with E-state index in [1.807, 2.05) is 30.3 Å². The molecule has 0 aliphatic heterocycles. The summed E-state index contributed by atoms with van der Waals surface area (Å²) < 4.78 is 0. The molecular weight excluding hydrogens is 336 g/mol. The molecule has 0 saturated heterocycles. The Morgan fingerprint density at radius 2 is 1.59 bits per heavy atom. The monoisotopic (exact) mass is 356 g/mol. The Labute approximate surface area is 157 Å². The van der Waals surface area contributed by atoms with Crippen LogP contribution in [-0.2, 0) is 6.54 Å². The number of anilines is 3. The van der Waals surface area contributed by atoms with Gasteiger partial charge in [-0.2, -0.15) is 4.98 Å². The minimum Gasteiger partial charge on any atom is -0.506 e. The van der Waals surface area contributed by atoms with E-state index in [-0.39, 0.29) is 5.75 Å². The lowest BCUT2D eigenvalue weighted by atomic mass is 10.1. The number of fused-ring (bicyclic) bond motifs is 1. The minimum atomic E-state index is 0.156. The summed E-state index contributed by atoms with van der Waals surface area (Å²) in [6, 6.07) is 23.3. The van der Waals surface area contributed by atoms with E-state index in [1.165, 1.54) is 11.1 Å². The van der Waals surface area contributed by atoms with Gasteiger partial charge in [0, 0.05) is 11.9 Å². The van der Waals surface area contributed by atoms with E-state index >= 15 is 0 Å². The molecule has 0 fully saturated rings. The van der Waals surface area contributed by atoms with Crippen molar-refractivity contribution in [3.8, 4) is 5.75 Å². The smallest absolute Gasteiger partial charge is 0.229 e. The number of rotatable bonds is 5. The zero-order valence-electron chi connectivity index (χ0n) is 15.0. The van der Waals surface area contributed by atoms with Gasteiger partial charge in [-0.05, 0) is 36.8 Å². The second-order valence-corrected chi connectivity index (χ2v) is 6.39. The number of nitrogens with zero attached hydrogens (tertiary/aromatic N) is 2. The van der Waals surface area contributed by atoms with Crippen molar-refractivity contribution in [2.75, 3.05) is 10.6 Å². The first-order valence-corrected chi connectivity index (χ1v) is 8.80. The first-order valence-electron chi connectivity index (χ1n) is 8.80. The maximum absolute atomic E-state index is 10.00. The van der Waals surface area contributed by atoms with E-state index in [0.29, 0.717) is 18.2 Å². The summed E-state index contributed by atoms with van der Waals surface area (Å²) in [6.07, 6.45) is 0. The number of aryl methyl sites for hydroxylation is 1. The predicted molar refractivity (Wildman–Crippen MR) is 109 cm³/mol. The van der Waals surface area contributed by atoms with Gasteiger partial charge in [0.2, 0.25) is 5.95 Å². The fraction of sp³-hybridized carbons (Fsp3) is 0.0909. The minimum absolute atomic E-state index is 0.156. The van der Waals surface area contributed by atoms with Gasteiger partial charge in [0.15, 0.2) is 0 Å². The van der Waals surface area contributed by atoms with Crippen LogP contribution in [0, 0.1) is 6.92 Å². The van der Waals surface area contributed by atoms with Crippen molar-refractivity contribution in [3.05, 3.63) is 83.9 Å². The predicted octanol–water partition coefficient (Wildman–Crippen LogP) is 5.00. The highest BCUT2D eigenvalue weighted by molar-refractivity contribution is 5.90. The normalized spacial score (nSPS) is 10.7. The van der Waals surface area contributed by atoms with Gasteiger partial charge in [-0.15, -0.1) is 0 Å². The van der Waals surface area contributed by atoms with Crippen LogP contribution in [0.4, 0.5) is 17.5 Å². The second-order valence-electron chi connectivity index (χ2n) is 6.39. The van der Waals surface area contributed by atoms with E-state index in [1.54, 1.807) is 18.2 Å². The molecule has 4 aromatic rings. The third kappa shape index (κ3) is 3.82. The molecule has 0 unspecified atom stereocenters. The highest BCUT2D eigenvalue weighted by atomic mass is 16.3. The highest BCUT2D eigenvalue weighted by Gasteiger charge is 2.09. The number of nitrogens with one attached hydrogen (secondary N) is 2. The zero-order chi connectivity index (χ0) is 18.6. The standard InChI is InChI=1S/C22H20N4O/c1-15-10-12-16(13-11-15)14-23-21-17-6-2-3-7-18(17)24-22(26-21)25-19-8-4-5-9-20(19)27/h2-13,27H,14H2,1H3,(H2,23,24,25,26). The molecule has 3 aromatic carbocycles. The molecule has 0 amide bonds. The third-order valence-electron chi connectivity index (χ3n) is 4.33. The van der Waals surface area contributed by atoms with Gasteiger partial charge in [-0.1, -0.05) is 54.1 Å². The van der Waals surface area contributed by atoms with Crippen LogP contribution < -0.4 is 10.6 Å². The zero-order valence-corrected chi connectivity index (χ0v) is 15.0. The Morgan fingerprint density at radius 1 is 0.852 bits per heavy atom. The fourth-order valence-corrected chi connectivity index (χ4v) is 2.86. The molecular formula is C22H20N4O. The van der Waals surface area contributed by atoms with Crippen molar-refractivity contribution in [3.63, 3.8) is 0 Å². The molecule has 5 heteroatoms. The van der Waals surface area contributed by atoms with Crippen LogP contribution in [0.5, 0.6) is 5.75 Å². The van der Waals surface area contributed by atoms with Gasteiger partial charge < -0.3 is 15.7 Å². The topological polar surface area (TPSA) is 70.1 Å². The Balaban J connectivity index is 1.66. The van der Waals surface area contributed by atoms with E-state index in [0.717, 1.165) is 16.7 Å². The summed E-state index contributed by atoms with van der Waals surface area (Å²) in [5.41, 5.74) is 3.81. The van der Waals surface area contributed by atoms with Crippen molar-refractivity contribution >= 4 is 28.4 Å². The molecule has 0 aliphatic rings. The van der Waals surface area contributed by atoms with Crippen molar-refractivity contribution in [1.82, 2.24) is 9.97 Å². The molecule has 0 bridgehead atoms. The lowest BCUT2D eigenvalue weighted by Crippen LogP contribution is -2.05. The van der Waals surface area contributed by atoms with Crippen molar-refractivity contribution in [1.29, 1.82) is 0 Å². The largest absolute Gasteiger partial charge is 0.506 e. The Hall–Kier alpha value is -3.60. The first-order chi connectivity index (χ1) is 13.2. The van der Waals surface area contributed by atoms with Crippen LogP contribution in [0.3, 0.4) is 0 Å². The molecule has 4 rings (SSSR count). The lowest BCUT2D eigenvalue weighted by Gasteiger charge is -2.12. The Kier molecular flexibility index (Phi) is 4.58. The first kappa shape index (κ1) is 16.8. The lowest BCUT2D eigenvalue weighted by molar-refractivity contribution is 0.477. The molecule has 0 aliphatic carbocycles. The molecule has 0 radical (unpaired) electrons. The number of aromatic hydroxyl groups is 1. The molecule has 0 spiro atoms. The summed E-state index contributed by atoms with van der Waals surface area (Å²) >= 11 is 0. The molecule has 134 valence electrons. The van der Waals surface area contributed by atoms with E-state index in [2.05, 4.69) is 51.8 Å². The maximum Gasteiger partial charge on any atom is 0.229 e. The van der Waals surface area contributed by atoms with Gasteiger partial charge in [0.05, 0.1) is 11.2 Å². The van der Waals surface area contributed by atoms with Crippen LogP contribution in [0.1, 0.15) is 11.1 Å². The van der Waals surface area contributed by atoms with Crippen LogP contribution in [0.25, 0.3) is 10.9 Å². The number of hydrogen-bond acceptors (Lipinski definition) is 5. The average molecular weight is 356 g/mol. The number of phenolic OH excluding ortho intramolecular Hbond substituents is 1. The summed E-state index contributed by atoms with van der Waals surface area (Å²) in [7, 11) is 0. The SMILES string of the molecule is Cc1ccc(CNc2nc(Nc3ccccc3O)nc3ccccc23)cc1. The van der Waals surface area contributed by atoms with Gasteiger partial charge in [-0.25, -0.2) is 4.98 Å². The summed E-state index contributed by atoms with van der Waals surface area (Å²) in [5, 5.41) is 17.5. The van der Waals surface area contributed by atoms with Crippen molar-refractivity contribution in [2.45, 2.75) is 13.5 Å². The highest BCUT2D eigenvalue weighted by Crippen LogP contribution is 2.27. The maximum atomic E-state index is 10.00. The van der Waals surface area contributed by atoms with Gasteiger partial charge in [-0.3, -0.25) is 0 Å². The van der Waals surface area contributed by atoms with Crippen LogP contribution >= 0.6 is 0 Å². The number of phenols is 1. The number of aromatic nitrogens is 2. The summed E-state index contributed by atoms with van der Waals surface area (Å²) in [5.74, 6) is 1.34. The van der Waals surface area contributed by atoms with Crippen molar-refractivity contribution in [2.24, 2.45) is 0 Å². The molecule has 0 atom stereocenters. The molecule has 5 nitrogen and oxygen atoms in total. The summed E-state index contributed by atoms with van der Waals surface area (Å²) in [4.78, 5) is 9.19. The van der Waals surface area contributed by atoms with E-state index < -0.39 is 0 Å². The third-order valence-corrected chi connectivity index (χ3v) is 4.33. The Morgan fingerprint density at radius 3 is 2.41 bits per heavy atom. The molecule has 27 heavy (non-hydrogen) atoms. The number of para-hydroxylation sites is 3. The van der Waals surface area contributed by atoms with Crippen LogP contribution in [0.15, 0.2) is 72.8 Å². The fourth-order valence-electron chi connectivity index (χ4n) is 2.86. The molecule has 1 heterocycles. The van der Waals surface area contributed by atoms with Crippen LogP contribution in [0.2, 0.25) is 0 Å². The molecule has 3 N–H and O–H groups in total. The van der Waals surface area contributed by atoms with Crippen molar-refractivity contribution < 1.29 is 5.11 Å². The average Bonchev–Trinajstić information content (AvgIpc) is 2.69. The number of benzene rings is 3. The van der Waals surface area contributed by atoms with E-state index in [4.69, 9.17) is 0 Å². The quantitative estimate of drug-likeness (QED) is 0.439. The van der Waals surface area contributed by atoms with E-state index in [9.17, 15) is 5.11 Å². The Bertz CT molecular complexity index is 1080. The van der Waals surface area contributed by atoms with Crippen LogP contribution in [-0.4, -0.2) is 15.1 Å². The van der Waals surface area contributed by atoms with Gasteiger partial charge in [0.1, 0.15) is 11.6 Å². The number of hydrogen-bond donors (Lipinski definition) is 3. The van der Waals surface area contributed by atoms with Gasteiger partial charge >= 0.3 is 0 Å². The second kappa shape index (κ2) is 7.33.